The molecule has 0 bridgehead atoms. The molecule has 2 heteroatoms. The zero-order chi connectivity index (χ0) is 9.68. The van der Waals surface area contributed by atoms with Crippen molar-refractivity contribution in [3.05, 3.63) is 0 Å². The minimum atomic E-state index is -0.00287. The van der Waals surface area contributed by atoms with E-state index in [9.17, 15) is 4.79 Å². The normalized spacial score (nSPS) is 16.5. The molecule has 13 heavy (non-hydrogen) atoms. The van der Waals surface area contributed by atoms with Crippen LogP contribution in [-0.4, -0.2) is 23.4 Å². The van der Waals surface area contributed by atoms with Gasteiger partial charge in [0.05, 0.1) is 0 Å². The first-order valence-electron chi connectivity index (χ1n) is 5.03. The van der Waals surface area contributed by atoms with Crippen molar-refractivity contribution in [2.24, 2.45) is 0 Å². The van der Waals surface area contributed by atoms with Gasteiger partial charge in [0, 0.05) is 12.6 Å². The molecular formula is C11H17NO. The summed E-state index contributed by atoms with van der Waals surface area (Å²) in [5.74, 6) is 5.27. The van der Waals surface area contributed by atoms with E-state index in [-0.39, 0.29) is 5.91 Å². The van der Waals surface area contributed by atoms with E-state index in [0.29, 0.717) is 6.04 Å². The van der Waals surface area contributed by atoms with Crippen molar-refractivity contribution < 1.29 is 4.79 Å². The van der Waals surface area contributed by atoms with Crippen LogP contribution in [0.15, 0.2) is 0 Å². The zero-order valence-electron chi connectivity index (χ0n) is 8.47. The van der Waals surface area contributed by atoms with Gasteiger partial charge in [-0.2, -0.15) is 0 Å². The summed E-state index contributed by atoms with van der Waals surface area (Å²) in [6.07, 6.45) is 4.83. The van der Waals surface area contributed by atoms with Crippen LogP contribution in [0.2, 0.25) is 0 Å². The Labute approximate surface area is 80.3 Å². The minimum absolute atomic E-state index is 0.00287. The lowest BCUT2D eigenvalue weighted by atomic mass is 10.2. The number of carbonyl (C=O) groups excluding carboxylic acids is 1. The van der Waals surface area contributed by atoms with Gasteiger partial charge in [0.2, 0.25) is 0 Å². The summed E-state index contributed by atoms with van der Waals surface area (Å²) >= 11 is 0. The van der Waals surface area contributed by atoms with E-state index < -0.39 is 0 Å². The van der Waals surface area contributed by atoms with Crippen LogP contribution in [0.25, 0.3) is 0 Å². The van der Waals surface area contributed by atoms with Crippen molar-refractivity contribution in [3.8, 4) is 11.8 Å². The molecule has 2 nitrogen and oxygen atoms in total. The lowest BCUT2D eigenvalue weighted by Crippen LogP contribution is -2.37. The first-order valence-corrected chi connectivity index (χ1v) is 5.03. The molecule has 0 unspecified atom stereocenters. The van der Waals surface area contributed by atoms with Crippen LogP contribution in [0.5, 0.6) is 0 Å². The van der Waals surface area contributed by atoms with Crippen molar-refractivity contribution in [1.82, 2.24) is 4.90 Å². The molecule has 1 aliphatic rings. The van der Waals surface area contributed by atoms with Gasteiger partial charge in [0.15, 0.2) is 0 Å². The molecule has 0 N–H and O–H groups in total. The standard InChI is InChI=1S/C11H17NO/c1-3-7-11(13)12(4-2)10-8-5-6-9-10/h10H,4-6,8-9H2,1-2H3. The van der Waals surface area contributed by atoms with Crippen LogP contribution < -0.4 is 0 Å². The summed E-state index contributed by atoms with van der Waals surface area (Å²) in [5, 5.41) is 0. The first-order chi connectivity index (χ1) is 6.29. The predicted octanol–water partition coefficient (Wildman–Crippen LogP) is 1.80. The Hall–Kier alpha value is -0.970. The van der Waals surface area contributed by atoms with Gasteiger partial charge >= 0.3 is 0 Å². The predicted molar refractivity (Wildman–Crippen MR) is 53.1 cm³/mol. The molecule has 72 valence electrons. The van der Waals surface area contributed by atoms with E-state index >= 15 is 0 Å². The molecule has 0 aromatic rings. The topological polar surface area (TPSA) is 20.3 Å². The average Bonchev–Trinajstić information content (AvgIpc) is 2.59. The van der Waals surface area contributed by atoms with Crippen LogP contribution >= 0.6 is 0 Å². The van der Waals surface area contributed by atoms with Gasteiger partial charge < -0.3 is 4.90 Å². The van der Waals surface area contributed by atoms with E-state index in [1.54, 1.807) is 6.92 Å². The van der Waals surface area contributed by atoms with Gasteiger partial charge in [-0.05, 0) is 32.6 Å². The maximum absolute atomic E-state index is 11.5. The molecule has 0 atom stereocenters. The van der Waals surface area contributed by atoms with Crippen molar-refractivity contribution in [2.45, 2.75) is 45.6 Å². The smallest absolute Gasteiger partial charge is 0.298 e. The second-order valence-corrected chi connectivity index (χ2v) is 3.40. The van der Waals surface area contributed by atoms with Gasteiger partial charge in [0.25, 0.3) is 5.91 Å². The van der Waals surface area contributed by atoms with Gasteiger partial charge in [0.1, 0.15) is 0 Å². The third-order valence-corrected chi connectivity index (χ3v) is 2.60. The number of amides is 1. The van der Waals surface area contributed by atoms with E-state index in [0.717, 1.165) is 19.4 Å². The average molecular weight is 179 g/mol. The largest absolute Gasteiger partial charge is 0.329 e. The van der Waals surface area contributed by atoms with Crippen LogP contribution in [0.1, 0.15) is 39.5 Å². The number of nitrogens with zero attached hydrogens (tertiary/aromatic N) is 1. The van der Waals surface area contributed by atoms with Crippen molar-refractivity contribution >= 4 is 5.91 Å². The van der Waals surface area contributed by atoms with E-state index in [2.05, 4.69) is 11.8 Å². The van der Waals surface area contributed by atoms with Crippen LogP contribution in [0, 0.1) is 11.8 Å². The molecule has 1 saturated carbocycles. The van der Waals surface area contributed by atoms with Crippen molar-refractivity contribution in [3.63, 3.8) is 0 Å². The lowest BCUT2D eigenvalue weighted by molar-refractivity contribution is -0.127. The van der Waals surface area contributed by atoms with Gasteiger partial charge in [-0.1, -0.05) is 18.8 Å². The molecule has 0 spiro atoms. The van der Waals surface area contributed by atoms with E-state index in [1.165, 1.54) is 12.8 Å². The van der Waals surface area contributed by atoms with Gasteiger partial charge in [-0.25, -0.2) is 0 Å². The number of rotatable bonds is 2. The maximum atomic E-state index is 11.5. The highest BCUT2D eigenvalue weighted by molar-refractivity contribution is 5.93. The minimum Gasteiger partial charge on any atom is -0.329 e. The third kappa shape index (κ3) is 2.48. The Balaban J connectivity index is 2.58. The fourth-order valence-electron chi connectivity index (χ4n) is 1.96. The van der Waals surface area contributed by atoms with Crippen molar-refractivity contribution in [2.75, 3.05) is 6.54 Å². The Bertz CT molecular complexity index is 230. The molecule has 1 fully saturated rings. The highest BCUT2D eigenvalue weighted by Crippen LogP contribution is 2.23. The first kappa shape index (κ1) is 10.1. The Morgan fingerprint density at radius 1 is 1.46 bits per heavy atom. The molecule has 0 aromatic heterocycles. The SMILES string of the molecule is CC#CC(=O)N(CC)C1CCCC1. The molecule has 1 rings (SSSR count). The molecule has 0 aliphatic heterocycles. The summed E-state index contributed by atoms with van der Waals surface area (Å²) in [4.78, 5) is 13.4. The molecule has 0 radical (unpaired) electrons. The van der Waals surface area contributed by atoms with E-state index in [4.69, 9.17) is 0 Å². The number of hydrogen-bond acceptors (Lipinski definition) is 1. The molecular weight excluding hydrogens is 162 g/mol. The second kappa shape index (κ2) is 4.91. The fourth-order valence-corrected chi connectivity index (χ4v) is 1.96. The Morgan fingerprint density at radius 2 is 2.08 bits per heavy atom. The highest BCUT2D eigenvalue weighted by Gasteiger charge is 2.23. The third-order valence-electron chi connectivity index (χ3n) is 2.60. The molecule has 0 heterocycles. The van der Waals surface area contributed by atoms with Gasteiger partial charge in [-0.3, -0.25) is 4.79 Å². The second-order valence-electron chi connectivity index (χ2n) is 3.40. The van der Waals surface area contributed by atoms with Crippen LogP contribution in [-0.2, 0) is 4.79 Å². The maximum Gasteiger partial charge on any atom is 0.298 e. The van der Waals surface area contributed by atoms with Crippen molar-refractivity contribution in [1.29, 1.82) is 0 Å². The summed E-state index contributed by atoms with van der Waals surface area (Å²) in [6.45, 7) is 4.52. The van der Waals surface area contributed by atoms with Crippen LogP contribution in [0.3, 0.4) is 0 Å². The van der Waals surface area contributed by atoms with Crippen LogP contribution in [0.4, 0.5) is 0 Å². The van der Waals surface area contributed by atoms with E-state index in [1.807, 2.05) is 11.8 Å². The summed E-state index contributed by atoms with van der Waals surface area (Å²) in [6, 6.07) is 0.457. The summed E-state index contributed by atoms with van der Waals surface area (Å²) in [5.41, 5.74) is 0. The zero-order valence-corrected chi connectivity index (χ0v) is 8.47. The molecule has 0 saturated heterocycles. The Kier molecular flexibility index (Phi) is 3.82. The molecule has 1 amide bonds. The quantitative estimate of drug-likeness (QED) is 0.592. The molecule has 0 aromatic carbocycles. The fraction of sp³-hybridized carbons (Fsp3) is 0.727. The van der Waals surface area contributed by atoms with Gasteiger partial charge in [-0.15, -0.1) is 0 Å². The Morgan fingerprint density at radius 3 is 2.54 bits per heavy atom. The number of carbonyl (C=O) groups is 1. The number of hydrogen-bond donors (Lipinski definition) is 0. The molecule has 1 aliphatic carbocycles. The summed E-state index contributed by atoms with van der Waals surface area (Å²) in [7, 11) is 0. The monoisotopic (exact) mass is 179 g/mol. The summed E-state index contributed by atoms with van der Waals surface area (Å²) < 4.78 is 0. The highest BCUT2D eigenvalue weighted by atomic mass is 16.2. The lowest BCUT2D eigenvalue weighted by Gasteiger charge is -2.25.